The van der Waals surface area contributed by atoms with E-state index < -0.39 is 0 Å². The second-order valence-corrected chi connectivity index (χ2v) is 7.17. The fourth-order valence-electron chi connectivity index (χ4n) is 2.92. The third kappa shape index (κ3) is 4.01. The first kappa shape index (κ1) is 18.5. The predicted molar refractivity (Wildman–Crippen MR) is 112 cm³/mol. The van der Waals surface area contributed by atoms with Gasteiger partial charge >= 0.3 is 0 Å². The molecular weight excluding hydrogens is 393 g/mol. The van der Waals surface area contributed by atoms with Crippen LogP contribution in [0.5, 0.6) is 0 Å². The van der Waals surface area contributed by atoms with Crippen LogP contribution in [0.25, 0.3) is 22.7 Å². The first-order valence-electron chi connectivity index (χ1n) is 8.68. The summed E-state index contributed by atoms with van der Waals surface area (Å²) >= 11 is 12.1. The molecule has 28 heavy (non-hydrogen) atoms. The summed E-state index contributed by atoms with van der Waals surface area (Å²) in [7, 11) is 0. The zero-order chi connectivity index (χ0) is 19.5. The van der Waals surface area contributed by atoms with E-state index >= 15 is 0 Å². The maximum absolute atomic E-state index is 12.5. The molecule has 3 nitrogen and oxygen atoms in total. The van der Waals surface area contributed by atoms with Crippen molar-refractivity contribution in [2.24, 2.45) is 0 Å². The third-order valence-corrected chi connectivity index (χ3v) is 4.93. The van der Waals surface area contributed by atoms with Gasteiger partial charge in [0.15, 0.2) is 5.78 Å². The van der Waals surface area contributed by atoms with E-state index in [-0.39, 0.29) is 12.2 Å². The first-order chi connectivity index (χ1) is 13.6. The molecular formula is C23H15Cl2NO2. The zero-order valence-electron chi connectivity index (χ0n) is 14.7. The Kier molecular flexibility index (Phi) is 5.29. The van der Waals surface area contributed by atoms with Crippen molar-refractivity contribution in [3.63, 3.8) is 0 Å². The predicted octanol–water partition coefficient (Wildman–Crippen LogP) is 6.74. The van der Waals surface area contributed by atoms with Crippen molar-refractivity contribution in [2.45, 2.75) is 6.42 Å². The number of benzene rings is 3. The quantitative estimate of drug-likeness (QED) is 0.344. The summed E-state index contributed by atoms with van der Waals surface area (Å²) in [5, 5.41) is 1.12. The highest BCUT2D eigenvalue weighted by molar-refractivity contribution is 6.34. The average Bonchev–Trinajstić information content (AvgIpc) is 3.19. The lowest BCUT2D eigenvalue weighted by Gasteiger charge is -2.04. The van der Waals surface area contributed by atoms with Crippen molar-refractivity contribution in [2.75, 3.05) is 0 Å². The summed E-state index contributed by atoms with van der Waals surface area (Å²) in [6, 6.07) is 22.1. The van der Waals surface area contributed by atoms with Crippen molar-refractivity contribution in [3.8, 4) is 22.7 Å². The number of rotatable bonds is 5. The van der Waals surface area contributed by atoms with Crippen LogP contribution >= 0.6 is 23.2 Å². The van der Waals surface area contributed by atoms with Gasteiger partial charge in [0.1, 0.15) is 12.0 Å². The van der Waals surface area contributed by atoms with Crippen LogP contribution in [0.15, 0.2) is 83.5 Å². The summed E-state index contributed by atoms with van der Waals surface area (Å²) < 4.78 is 5.61. The highest BCUT2D eigenvalue weighted by Gasteiger charge is 2.12. The van der Waals surface area contributed by atoms with Gasteiger partial charge in [-0.3, -0.25) is 4.79 Å². The maximum Gasteiger partial charge on any atom is 0.226 e. The van der Waals surface area contributed by atoms with Crippen LogP contribution in [0.3, 0.4) is 0 Å². The van der Waals surface area contributed by atoms with Crippen molar-refractivity contribution in [1.29, 1.82) is 0 Å². The van der Waals surface area contributed by atoms with Crippen LogP contribution in [-0.4, -0.2) is 10.8 Å². The lowest BCUT2D eigenvalue weighted by atomic mass is 10.0. The van der Waals surface area contributed by atoms with Gasteiger partial charge in [0, 0.05) is 28.1 Å². The largest absolute Gasteiger partial charge is 0.444 e. The molecule has 0 unspecified atom stereocenters. The zero-order valence-corrected chi connectivity index (χ0v) is 16.2. The average molecular weight is 408 g/mol. The molecule has 1 heterocycles. The number of nitrogens with zero attached hydrogens (tertiary/aromatic N) is 1. The van der Waals surface area contributed by atoms with Crippen molar-refractivity contribution >= 4 is 29.0 Å². The standard InChI is InChI=1S/C23H15Cl2NO2/c24-18-5-3-4-17(13-18)21-14-28-23(26-21)16-10-8-15(9-11-16)12-22(27)19-6-1-2-7-20(19)25/h1-11,13-14H,12H2. The molecule has 3 aromatic carbocycles. The van der Waals surface area contributed by atoms with Gasteiger partial charge in [0.25, 0.3) is 0 Å². The number of oxazole rings is 1. The van der Waals surface area contributed by atoms with Gasteiger partial charge in [0.05, 0.1) is 5.02 Å². The third-order valence-electron chi connectivity index (χ3n) is 4.36. The summed E-state index contributed by atoms with van der Waals surface area (Å²) in [6.45, 7) is 0. The summed E-state index contributed by atoms with van der Waals surface area (Å²) in [5.74, 6) is 0.497. The van der Waals surface area contributed by atoms with E-state index in [9.17, 15) is 4.79 Å². The van der Waals surface area contributed by atoms with Crippen LogP contribution in [0.4, 0.5) is 0 Å². The Morgan fingerprint density at radius 3 is 2.43 bits per heavy atom. The molecule has 4 aromatic rings. The van der Waals surface area contributed by atoms with E-state index in [0.29, 0.717) is 21.5 Å². The second kappa shape index (κ2) is 8.01. The molecule has 0 spiro atoms. The molecule has 0 saturated carbocycles. The maximum atomic E-state index is 12.5. The normalized spacial score (nSPS) is 10.8. The number of carbonyl (C=O) groups excluding carboxylic acids is 1. The van der Waals surface area contributed by atoms with E-state index in [1.807, 2.05) is 60.7 Å². The molecule has 138 valence electrons. The lowest BCUT2D eigenvalue weighted by Crippen LogP contribution is -2.04. The monoisotopic (exact) mass is 407 g/mol. The van der Waals surface area contributed by atoms with Crippen LogP contribution in [-0.2, 0) is 6.42 Å². The van der Waals surface area contributed by atoms with Crippen molar-refractivity contribution in [1.82, 2.24) is 4.98 Å². The molecule has 0 saturated heterocycles. The highest BCUT2D eigenvalue weighted by Crippen LogP contribution is 2.27. The summed E-state index contributed by atoms with van der Waals surface area (Å²) in [6.07, 6.45) is 1.89. The van der Waals surface area contributed by atoms with Crippen LogP contribution in [0.1, 0.15) is 15.9 Å². The molecule has 0 atom stereocenters. The summed E-state index contributed by atoms with van der Waals surface area (Å²) in [4.78, 5) is 17.0. The Morgan fingerprint density at radius 2 is 1.68 bits per heavy atom. The molecule has 0 radical (unpaired) electrons. The molecule has 0 aliphatic heterocycles. The molecule has 0 bridgehead atoms. The topological polar surface area (TPSA) is 43.1 Å². The van der Waals surface area contributed by atoms with E-state index in [1.54, 1.807) is 18.4 Å². The number of ketones is 1. The fourth-order valence-corrected chi connectivity index (χ4v) is 3.35. The van der Waals surface area contributed by atoms with Crippen LogP contribution in [0.2, 0.25) is 10.0 Å². The van der Waals surface area contributed by atoms with Gasteiger partial charge in [-0.1, -0.05) is 59.6 Å². The SMILES string of the molecule is O=C(Cc1ccc(-c2nc(-c3cccc(Cl)c3)co2)cc1)c1ccccc1Cl. The number of hydrogen-bond acceptors (Lipinski definition) is 3. The summed E-state index contributed by atoms with van der Waals surface area (Å²) in [5.41, 5.74) is 3.88. The van der Waals surface area contributed by atoms with Crippen LogP contribution < -0.4 is 0 Å². The minimum atomic E-state index is -0.0160. The minimum absolute atomic E-state index is 0.0160. The Balaban J connectivity index is 1.51. The first-order valence-corrected chi connectivity index (χ1v) is 9.44. The fraction of sp³-hybridized carbons (Fsp3) is 0.0435. The van der Waals surface area contributed by atoms with Gasteiger partial charge in [-0.05, 0) is 42.0 Å². The van der Waals surface area contributed by atoms with E-state index in [1.165, 1.54) is 0 Å². The highest BCUT2D eigenvalue weighted by atomic mass is 35.5. The molecule has 0 amide bonds. The van der Waals surface area contributed by atoms with Gasteiger partial charge < -0.3 is 4.42 Å². The molecule has 0 aliphatic rings. The minimum Gasteiger partial charge on any atom is -0.444 e. The number of hydrogen-bond donors (Lipinski definition) is 0. The Hall–Kier alpha value is -2.88. The Morgan fingerprint density at radius 1 is 0.893 bits per heavy atom. The number of carbonyl (C=O) groups is 1. The van der Waals surface area contributed by atoms with E-state index in [4.69, 9.17) is 27.6 Å². The smallest absolute Gasteiger partial charge is 0.226 e. The number of halogens is 2. The van der Waals surface area contributed by atoms with Gasteiger partial charge in [-0.25, -0.2) is 4.98 Å². The van der Waals surface area contributed by atoms with Gasteiger partial charge in [0.2, 0.25) is 5.89 Å². The molecule has 0 aliphatic carbocycles. The van der Waals surface area contributed by atoms with Crippen molar-refractivity contribution < 1.29 is 9.21 Å². The number of Topliss-reactive ketones (excluding diaryl/α,β-unsaturated/α-hetero) is 1. The molecule has 5 heteroatoms. The lowest BCUT2D eigenvalue weighted by molar-refractivity contribution is 0.0993. The Labute approximate surface area is 172 Å². The van der Waals surface area contributed by atoms with Crippen LogP contribution in [0, 0.1) is 0 Å². The molecule has 0 N–H and O–H groups in total. The molecule has 4 rings (SSSR count). The molecule has 1 aromatic heterocycles. The number of aromatic nitrogens is 1. The van der Waals surface area contributed by atoms with E-state index in [2.05, 4.69) is 4.98 Å². The van der Waals surface area contributed by atoms with E-state index in [0.717, 1.165) is 22.4 Å². The van der Waals surface area contributed by atoms with Crippen molar-refractivity contribution in [3.05, 3.63) is 100 Å². The van der Waals surface area contributed by atoms with Gasteiger partial charge in [-0.15, -0.1) is 0 Å². The Bertz CT molecular complexity index is 1130. The van der Waals surface area contributed by atoms with Gasteiger partial charge in [-0.2, -0.15) is 0 Å². The molecule has 0 fully saturated rings. The second-order valence-electron chi connectivity index (χ2n) is 6.32.